The van der Waals surface area contributed by atoms with E-state index in [4.69, 9.17) is 9.97 Å². The molecule has 7 rings (SSSR count). The summed E-state index contributed by atoms with van der Waals surface area (Å²) in [5.74, 6) is 1.38. The van der Waals surface area contributed by atoms with Gasteiger partial charge in [0.2, 0.25) is 0 Å². The van der Waals surface area contributed by atoms with E-state index in [1.807, 2.05) is 66.7 Å². The standard InChI is InChI=1S/C29H23N5OS/c35-36-26-19-11-10-18-25(26)32(22-12-4-1-5-13-22)29(36)33(23-14-6-2-7-15-23)27-28(31-21-20-30-27)34(29)24-16-8-3-9-17-24/h1-8,10-16,18-21H,9,17H2. The van der Waals surface area contributed by atoms with E-state index in [0.29, 0.717) is 11.6 Å². The molecule has 0 saturated heterocycles. The maximum atomic E-state index is 15.0. The summed E-state index contributed by atoms with van der Waals surface area (Å²) in [6.45, 7) is 0. The fraction of sp³-hybridized carbons (Fsp3) is 0.103. The number of anilines is 5. The molecule has 0 bridgehead atoms. The number of benzene rings is 3. The van der Waals surface area contributed by atoms with Gasteiger partial charge in [-0.1, -0.05) is 60.7 Å². The second-order valence-corrected chi connectivity index (χ2v) is 10.3. The number of hydrogen-bond donors (Lipinski definition) is 0. The van der Waals surface area contributed by atoms with Crippen LogP contribution in [0.15, 0.2) is 126 Å². The van der Waals surface area contributed by atoms with E-state index < -0.39 is 16.3 Å². The molecule has 176 valence electrons. The Labute approximate surface area is 213 Å². The number of fused-ring (bicyclic) bond motifs is 2. The lowest BCUT2D eigenvalue weighted by molar-refractivity contribution is 0.525. The molecule has 2 atom stereocenters. The normalized spacial score (nSPS) is 22.1. The molecule has 3 aromatic carbocycles. The van der Waals surface area contributed by atoms with E-state index in [1.54, 1.807) is 12.4 Å². The predicted octanol–water partition coefficient (Wildman–Crippen LogP) is 6.24. The highest BCUT2D eigenvalue weighted by molar-refractivity contribution is 7.93. The summed E-state index contributed by atoms with van der Waals surface area (Å²) in [5.41, 5.74) is 3.81. The number of nitrogens with zero attached hydrogens (tertiary/aromatic N) is 5. The Bertz CT molecular complexity index is 1450. The third kappa shape index (κ3) is 2.84. The van der Waals surface area contributed by atoms with Gasteiger partial charge in [-0.25, -0.2) is 19.8 Å². The van der Waals surface area contributed by atoms with Crippen molar-refractivity contribution in [3.05, 3.63) is 121 Å². The van der Waals surface area contributed by atoms with Crippen molar-refractivity contribution in [1.29, 1.82) is 0 Å². The number of hydrogen-bond acceptors (Lipinski definition) is 6. The van der Waals surface area contributed by atoms with E-state index in [2.05, 4.69) is 51.1 Å². The van der Waals surface area contributed by atoms with Crippen molar-refractivity contribution in [3.63, 3.8) is 0 Å². The first-order valence-corrected chi connectivity index (χ1v) is 13.2. The zero-order valence-corrected chi connectivity index (χ0v) is 20.3. The van der Waals surface area contributed by atoms with Crippen LogP contribution >= 0.6 is 0 Å². The minimum atomic E-state index is -1.52. The van der Waals surface area contributed by atoms with Crippen LogP contribution in [0.3, 0.4) is 0 Å². The third-order valence-electron chi connectivity index (χ3n) is 6.82. The molecule has 1 aromatic heterocycles. The van der Waals surface area contributed by atoms with Crippen molar-refractivity contribution in [2.75, 3.05) is 14.7 Å². The molecule has 1 aliphatic carbocycles. The summed E-state index contributed by atoms with van der Waals surface area (Å²) in [4.78, 5) is 16.9. The quantitative estimate of drug-likeness (QED) is 0.318. The van der Waals surface area contributed by atoms with Gasteiger partial charge in [0.15, 0.2) is 16.5 Å². The van der Waals surface area contributed by atoms with Gasteiger partial charge in [-0.15, -0.1) is 0 Å². The van der Waals surface area contributed by atoms with E-state index in [-0.39, 0.29) is 0 Å². The summed E-state index contributed by atoms with van der Waals surface area (Å²) < 4.78 is 15.0. The van der Waals surface area contributed by atoms with Crippen LogP contribution in [0.4, 0.5) is 28.7 Å². The summed E-state index contributed by atoms with van der Waals surface area (Å²) >= 11 is -1.52. The molecule has 0 saturated carbocycles. The van der Waals surface area contributed by atoms with Gasteiger partial charge in [0.05, 0.1) is 22.6 Å². The van der Waals surface area contributed by atoms with E-state index in [0.717, 1.165) is 40.5 Å². The maximum Gasteiger partial charge on any atom is 0.383 e. The van der Waals surface area contributed by atoms with Gasteiger partial charge in [-0.3, -0.25) is 4.90 Å². The highest BCUT2D eigenvalue weighted by atomic mass is 32.2. The number of allylic oxidation sites excluding steroid dienone is 4. The third-order valence-corrected chi connectivity index (χ3v) is 8.61. The highest BCUT2D eigenvalue weighted by Crippen LogP contribution is 2.61. The largest absolute Gasteiger partial charge is 0.606 e. The van der Waals surface area contributed by atoms with Crippen molar-refractivity contribution in [1.82, 2.24) is 9.97 Å². The first-order valence-electron chi connectivity index (χ1n) is 12.0. The second kappa shape index (κ2) is 8.26. The zero-order chi connectivity index (χ0) is 24.1. The highest BCUT2D eigenvalue weighted by Gasteiger charge is 2.71. The van der Waals surface area contributed by atoms with Crippen LogP contribution in [0, 0.1) is 0 Å². The molecule has 0 radical (unpaired) electrons. The Morgan fingerprint density at radius 1 is 0.722 bits per heavy atom. The molecule has 3 heterocycles. The Morgan fingerprint density at radius 3 is 2.00 bits per heavy atom. The van der Waals surface area contributed by atoms with Gasteiger partial charge in [-0.05, 0) is 55.3 Å². The zero-order valence-electron chi connectivity index (χ0n) is 19.4. The Morgan fingerprint density at radius 2 is 1.33 bits per heavy atom. The summed E-state index contributed by atoms with van der Waals surface area (Å²) in [6, 6.07) is 28.2. The number of rotatable bonds is 3. The van der Waals surface area contributed by atoms with Crippen molar-refractivity contribution in [3.8, 4) is 0 Å². The molecule has 36 heavy (non-hydrogen) atoms. The first-order chi connectivity index (χ1) is 17.8. The fourth-order valence-electron chi connectivity index (χ4n) is 5.42. The lowest BCUT2D eigenvalue weighted by Crippen LogP contribution is -2.67. The van der Waals surface area contributed by atoms with Crippen LogP contribution < -0.4 is 14.7 Å². The molecule has 0 amide bonds. The Hall–Kier alpha value is -4.07. The molecular formula is C29H23N5OS. The monoisotopic (exact) mass is 489 g/mol. The van der Waals surface area contributed by atoms with Crippen LogP contribution in [0.2, 0.25) is 0 Å². The topological polar surface area (TPSA) is 58.6 Å². The number of aromatic nitrogens is 2. The Balaban J connectivity index is 1.61. The average molecular weight is 490 g/mol. The van der Waals surface area contributed by atoms with Crippen molar-refractivity contribution >= 4 is 39.9 Å². The van der Waals surface area contributed by atoms with E-state index >= 15 is 0 Å². The van der Waals surface area contributed by atoms with Crippen molar-refractivity contribution < 1.29 is 4.55 Å². The van der Waals surface area contributed by atoms with Gasteiger partial charge in [0.1, 0.15) is 5.69 Å². The number of para-hydroxylation sites is 3. The van der Waals surface area contributed by atoms with Gasteiger partial charge in [0, 0.05) is 18.1 Å². The lowest BCUT2D eigenvalue weighted by atomic mass is 10.1. The average Bonchev–Trinajstić information content (AvgIpc) is 3.39. The van der Waals surface area contributed by atoms with Gasteiger partial charge in [0.25, 0.3) is 0 Å². The smallest absolute Gasteiger partial charge is 0.383 e. The molecule has 3 aliphatic rings. The second-order valence-electron chi connectivity index (χ2n) is 8.82. The van der Waals surface area contributed by atoms with Crippen molar-refractivity contribution in [2.45, 2.75) is 22.9 Å². The molecular weight excluding hydrogens is 466 g/mol. The molecule has 2 aliphatic heterocycles. The summed E-state index contributed by atoms with van der Waals surface area (Å²) in [6.07, 6.45) is 11.5. The lowest BCUT2D eigenvalue weighted by Gasteiger charge is -2.46. The molecule has 0 fully saturated rings. The van der Waals surface area contributed by atoms with Crippen LogP contribution in [-0.4, -0.2) is 19.6 Å². The van der Waals surface area contributed by atoms with Gasteiger partial charge < -0.3 is 4.55 Å². The van der Waals surface area contributed by atoms with Gasteiger partial charge >= 0.3 is 5.12 Å². The van der Waals surface area contributed by atoms with E-state index in [9.17, 15) is 4.55 Å². The SMILES string of the molecule is [O-][S+]1c2ccccc2N(c2ccccc2)C12N(C1=CC=CCC1)c1nccnc1N2c1ccccc1. The molecule has 4 aromatic rings. The maximum absolute atomic E-state index is 15.0. The minimum Gasteiger partial charge on any atom is -0.606 e. The molecule has 2 unspecified atom stereocenters. The van der Waals surface area contributed by atoms with E-state index in [1.165, 1.54) is 0 Å². The van der Waals surface area contributed by atoms with Crippen LogP contribution in [-0.2, 0) is 11.2 Å². The van der Waals surface area contributed by atoms with Crippen molar-refractivity contribution in [2.24, 2.45) is 0 Å². The van der Waals surface area contributed by atoms with Crippen LogP contribution in [0.1, 0.15) is 12.8 Å². The predicted molar refractivity (Wildman–Crippen MR) is 144 cm³/mol. The first kappa shape index (κ1) is 21.2. The molecule has 7 heteroatoms. The molecule has 0 N–H and O–H groups in total. The molecule has 1 spiro atoms. The van der Waals surface area contributed by atoms with Crippen LogP contribution in [0.25, 0.3) is 0 Å². The summed E-state index contributed by atoms with van der Waals surface area (Å²) in [7, 11) is 0. The Kier molecular flexibility index (Phi) is 4.87. The minimum absolute atomic E-state index is 0.682. The molecule has 6 nitrogen and oxygen atoms in total. The summed E-state index contributed by atoms with van der Waals surface area (Å²) in [5, 5.41) is -1.17. The fourth-order valence-corrected chi connectivity index (χ4v) is 7.36. The van der Waals surface area contributed by atoms with Gasteiger partial charge in [-0.2, -0.15) is 0 Å². The van der Waals surface area contributed by atoms with Crippen LogP contribution in [0.5, 0.6) is 0 Å².